The minimum Gasteiger partial charge on any atom is -0.493 e. The summed E-state index contributed by atoms with van der Waals surface area (Å²) in [7, 11) is 3.10. The number of hydrogen-bond acceptors (Lipinski definition) is 8. The first-order valence-electron chi connectivity index (χ1n) is 13.3. The second-order valence-corrected chi connectivity index (χ2v) is 10.1. The summed E-state index contributed by atoms with van der Waals surface area (Å²) in [6.45, 7) is 0. The highest BCUT2D eigenvalue weighted by Crippen LogP contribution is 2.34. The van der Waals surface area contributed by atoms with Gasteiger partial charge in [-0.3, -0.25) is 4.79 Å². The molecule has 0 spiro atoms. The smallest absolute Gasteiger partial charge is 0.341 e. The number of anilines is 2. The van der Waals surface area contributed by atoms with Crippen LogP contribution in [0, 0.1) is 11.8 Å². The van der Waals surface area contributed by atoms with E-state index in [0.29, 0.717) is 51.3 Å². The Balaban J connectivity index is 0.00000405. The number of aromatic nitrogens is 3. The van der Waals surface area contributed by atoms with Crippen LogP contribution in [0.2, 0.25) is 0 Å². The van der Waals surface area contributed by atoms with Crippen LogP contribution in [0.15, 0.2) is 47.5 Å². The summed E-state index contributed by atoms with van der Waals surface area (Å²) in [6.07, 6.45) is 8.65. The number of methoxy groups -OCH3 is 2. The van der Waals surface area contributed by atoms with Crippen molar-refractivity contribution in [2.75, 3.05) is 25.7 Å². The van der Waals surface area contributed by atoms with Crippen molar-refractivity contribution < 1.29 is 19.4 Å². The Morgan fingerprint density at radius 2 is 1.86 bits per heavy atom. The van der Waals surface area contributed by atoms with Crippen LogP contribution < -0.4 is 26.4 Å². The first-order chi connectivity index (χ1) is 19.8. The molecule has 2 heterocycles. The van der Waals surface area contributed by atoms with E-state index in [9.17, 15) is 14.7 Å². The van der Waals surface area contributed by atoms with Gasteiger partial charge < -0.3 is 30.6 Å². The van der Waals surface area contributed by atoms with Crippen molar-refractivity contribution in [2.45, 2.75) is 44.6 Å². The molecule has 42 heavy (non-hydrogen) atoms. The van der Waals surface area contributed by atoms with Gasteiger partial charge in [-0.1, -0.05) is 31.1 Å². The molecule has 11 heteroatoms. The van der Waals surface area contributed by atoms with Crippen molar-refractivity contribution in [3.05, 3.63) is 80.8 Å². The predicted octanol–water partition coefficient (Wildman–Crippen LogP) is 4.59. The number of carbonyl (C=O) groups is 1. The molecule has 2 aromatic heterocycles. The largest absolute Gasteiger partial charge is 0.493 e. The molecular weight excluding hydrogens is 558 g/mol. The summed E-state index contributed by atoms with van der Waals surface area (Å²) in [5.41, 5.74) is 14.5. The van der Waals surface area contributed by atoms with Crippen LogP contribution in [0.5, 0.6) is 11.5 Å². The number of nitrogen functional groups attached to an aromatic ring is 2. The number of pyridine rings is 1. The average Bonchev–Trinajstić information content (AvgIpc) is 2.97. The quantitative estimate of drug-likeness (QED) is 0.274. The molecular formula is C31H32ClN5O5. The van der Waals surface area contributed by atoms with Crippen molar-refractivity contribution in [3.8, 4) is 23.3 Å². The van der Waals surface area contributed by atoms with Gasteiger partial charge in [-0.05, 0) is 48.7 Å². The Hall–Kier alpha value is -4.75. The molecule has 0 atom stereocenters. The summed E-state index contributed by atoms with van der Waals surface area (Å²) >= 11 is 0. The molecule has 10 nitrogen and oxygen atoms in total. The molecule has 0 unspecified atom stereocenters. The third-order valence-electron chi connectivity index (χ3n) is 7.42. The summed E-state index contributed by atoms with van der Waals surface area (Å²) in [5, 5.41) is 10.0. The lowest BCUT2D eigenvalue weighted by Gasteiger charge is -2.26. The average molecular weight is 590 g/mol. The molecule has 0 bridgehead atoms. The van der Waals surface area contributed by atoms with Crippen LogP contribution >= 0.6 is 12.4 Å². The maximum Gasteiger partial charge on any atom is 0.341 e. The third kappa shape index (κ3) is 6.11. The molecule has 0 radical (unpaired) electrons. The third-order valence-corrected chi connectivity index (χ3v) is 7.42. The molecule has 0 saturated heterocycles. The molecule has 5 N–H and O–H groups in total. The van der Waals surface area contributed by atoms with E-state index >= 15 is 0 Å². The number of carboxylic acids is 1. The first kappa shape index (κ1) is 30.2. The monoisotopic (exact) mass is 589 g/mol. The Bertz CT molecular complexity index is 1770. The van der Waals surface area contributed by atoms with Crippen LogP contribution in [0.25, 0.3) is 10.9 Å². The number of hydrogen-bond donors (Lipinski definition) is 3. The van der Waals surface area contributed by atoms with Crippen LogP contribution in [0.1, 0.15) is 70.8 Å². The van der Waals surface area contributed by atoms with E-state index in [-0.39, 0.29) is 30.0 Å². The van der Waals surface area contributed by atoms with E-state index in [1.165, 1.54) is 6.20 Å². The maximum atomic E-state index is 13.0. The highest BCUT2D eigenvalue weighted by atomic mass is 35.5. The van der Waals surface area contributed by atoms with Gasteiger partial charge in [0.1, 0.15) is 11.4 Å². The van der Waals surface area contributed by atoms with Crippen molar-refractivity contribution >= 4 is 41.0 Å². The standard InChI is InChI=1S/C31H31N5O5.ClH/c1-40-26-15-19(13-21-16-34-31(33)35-29(21)32)12-20(28(26)41-2)10-8-18-9-11-23-25(14-18)36(22-6-4-3-5-7-22)17-24(27(23)37)30(38)39;/h9,11-12,14-17,22H,3-7,13H2,1-2H3,(H,38,39)(H4,32,33,34,35);1H. The van der Waals surface area contributed by atoms with Gasteiger partial charge in [0.05, 0.1) is 25.3 Å². The van der Waals surface area contributed by atoms with E-state index in [0.717, 1.165) is 37.7 Å². The molecule has 2 aromatic carbocycles. The minimum absolute atomic E-state index is 0. The van der Waals surface area contributed by atoms with Gasteiger partial charge in [-0.2, -0.15) is 4.98 Å². The van der Waals surface area contributed by atoms with Crippen molar-refractivity contribution in [1.29, 1.82) is 0 Å². The fourth-order valence-electron chi connectivity index (χ4n) is 5.39. The number of aromatic carboxylic acids is 1. The molecule has 1 fully saturated rings. The van der Waals surface area contributed by atoms with E-state index < -0.39 is 11.4 Å². The number of fused-ring (bicyclic) bond motifs is 1. The summed E-state index contributed by atoms with van der Waals surface area (Å²) in [5.74, 6) is 6.56. The summed E-state index contributed by atoms with van der Waals surface area (Å²) in [6, 6.07) is 9.10. The molecule has 5 rings (SSSR count). The molecule has 218 valence electrons. The van der Waals surface area contributed by atoms with E-state index in [1.807, 2.05) is 22.8 Å². The first-order valence-corrected chi connectivity index (χ1v) is 13.3. The predicted molar refractivity (Wildman–Crippen MR) is 164 cm³/mol. The minimum atomic E-state index is -1.22. The zero-order valence-electron chi connectivity index (χ0n) is 23.3. The van der Waals surface area contributed by atoms with Crippen LogP contribution in [-0.2, 0) is 6.42 Å². The summed E-state index contributed by atoms with van der Waals surface area (Å²) < 4.78 is 13.2. The fourth-order valence-corrected chi connectivity index (χ4v) is 5.39. The summed E-state index contributed by atoms with van der Waals surface area (Å²) in [4.78, 5) is 32.9. The number of benzene rings is 2. The number of halogens is 1. The SMILES string of the molecule is COc1cc(Cc2cnc(N)nc2N)cc(C#Cc2ccc3c(=O)c(C(=O)O)cn(C4CCCCC4)c3c2)c1OC.Cl. The van der Waals surface area contributed by atoms with E-state index in [4.69, 9.17) is 20.9 Å². The lowest BCUT2D eigenvalue weighted by molar-refractivity contribution is 0.0694. The van der Waals surface area contributed by atoms with Gasteiger partial charge in [0.15, 0.2) is 11.5 Å². The van der Waals surface area contributed by atoms with Gasteiger partial charge in [-0.15, -0.1) is 12.4 Å². The second kappa shape index (κ2) is 12.8. The Morgan fingerprint density at radius 3 is 2.52 bits per heavy atom. The van der Waals surface area contributed by atoms with Crippen LogP contribution in [0.3, 0.4) is 0 Å². The number of ether oxygens (including phenoxy) is 2. The molecule has 1 aliphatic rings. The van der Waals surface area contributed by atoms with Gasteiger partial charge >= 0.3 is 5.97 Å². The Morgan fingerprint density at radius 1 is 1.10 bits per heavy atom. The van der Waals surface area contributed by atoms with Crippen molar-refractivity contribution in [1.82, 2.24) is 14.5 Å². The van der Waals surface area contributed by atoms with E-state index in [2.05, 4.69) is 21.8 Å². The molecule has 4 aromatic rings. The van der Waals surface area contributed by atoms with Crippen LogP contribution in [0.4, 0.5) is 11.8 Å². The van der Waals surface area contributed by atoms with Gasteiger partial charge in [-0.25, -0.2) is 9.78 Å². The second-order valence-electron chi connectivity index (χ2n) is 10.1. The topological polar surface area (TPSA) is 156 Å². The lowest BCUT2D eigenvalue weighted by atomic mass is 9.94. The highest BCUT2D eigenvalue weighted by molar-refractivity contribution is 5.93. The number of rotatable bonds is 6. The zero-order valence-corrected chi connectivity index (χ0v) is 24.2. The number of nitrogens with zero attached hydrogens (tertiary/aromatic N) is 3. The molecule has 1 saturated carbocycles. The van der Waals surface area contributed by atoms with Crippen LogP contribution in [-0.4, -0.2) is 39.8 Å². The zero-order chi connectivity index (χ0) is 29.1. The number of carboxylic acid groups (broad SMARTS) is 1. The fraction of sp³-hybridized carbons (Fsp3) is 0.290. The Labute approximate surface area is 249 Å². The molecule has 0 aliphatic heterocycles. The van der Waals surface area contributed by atoms with Gasteiger partial charge in [0.25, 0.3) is 0 Å². The normalized spacial score (nSPS) is 13.1. The highest BCUT2D eigenvalue weighted by Gasteiger charge is 2.21. The van der Waals surface area contributed by atoms with Gasteiger partial charge in [0, 0.05) is 41.4 Å². The lowest BCUT2D eigenvalue weighted by Crippen LogP contribution is -2.22. The number of nitrogens with two attached hydrogens (primary N) is 2. The maximum absolute atomic E-state index is 13.0. The van der Waals surface area contributed by atoms with Crippen molar-refractivity contribution in [3.63, 3.8) is 0 Å². The van der Waals surface area contributed by atoms with Gasteiger partial charge in [0.2, 0.25) is 11.4 Å². The van der Waals surface area contributed by atoms with E-state index in [1.54, 1.807) is 32.5 Å². The van der Waals surface area contributed by atoms with Crippen molar-refractivity contribution in [2.24, 2.45) is 0 Å². The molecule has 0 amide bonds. The Kier molecular flexibility index (Phi) is 9.23. The molecule has 1 aliphatic carbocycles.